The Morgan fingerprint density at radius 1 is 0.931 bits per heavy atom. The molecule has 0 heterocycles. The second-order valence-electron chi connectivity index (χ2n) is 12.7. The van der Waals surface area contributed by atoms with Gasteiger partial charge in [-0.2, -0.15) is 0 Å². The van der Waals surface area contributed by atoms with Gasteiger partial charge in [0.05, 0.1) is 6.10 Å². The summed E-state index contributed by atoms with van der Waals surface area (Å²) in [4.78, 5) is 0. The number of aliphatic hydroxyl groups excluding tert-OH is 1. The van der Waals surface area contributed by atoms with Crippen LogP contribution in [-0.4, -0.2) is 11.2 Å². The van der Waals surface area contributed by atoms with Crippen LogP contribution in [0.5, 0.6) is 0 Å². The van der Waals surface area contributed by atoms with Crippen LogP contribution in [0, 0.1) is 52.3 Å². The highest BCUT2D eigenvalue weighted by molar-refractivity contribution is 5.27. The molecule has 1 N–H and O–H groups in total. The van der Waals surface area contributed by atoms with Crippen molar-refractivity contribution in [1.29, 1.82) is 0 Å². The summed E-state index contributed by atoms with van der Waals surface area (Å²) < 4.78 is 0. The van der Waals surface area contributed by atoms with Crippen molar-refractivity contribution in [2.45, 2.75) is 112 Å². The summed E-state index contributed by atoms with van der Waals surface area (Å²) in [5.74, 6) is 5.85. The Labute approximate surface area is 181 Å². The quantitative estimate of drug-likeness (QED) is 0.470. The van der Waals surface area contributed by atoms with Crippen LogP contribution in [0.25, 0.3) is 0 Å². The maximum absolute atomic E-state index is 10.2. The van der Waals surface area contributed by atoms with Crippen LogP contribution in [0.3, 0.4) is 0 Å². The van der Waals surface area contributed by atoms with Gasteiger partial charge in [-0.05, 0) is 104 Å². The summed E-state index contributed by atoms with van der Waals surface area (Å²) in [7, 11) is 0. The fourth-order valence-corrected chi connectivity index (χ4v) is 8.53. The molecule has 29 heavy (non-hydrogen) atoms. The van der Waals surface area contributed by atoms with Gasteiger partial charge in [-0.25, -0.2) is 0 Å². The van der Waals surface area contributed by atoms with E-state index in [-0.39, 0.29) is 6.10 Å². The van der Waals surface area contributed by atoms with E-state index in [1.165, 1.54) is 51.4 Å². The van der Waals surface area contributed by atoms with Crippen molar-refractivity contribution in [2.24, 2.45) is 52.3 Å². The zero-order chi connectivity index (χ0) is 21.0. The molecular formula is C28H48O. The summed E-state index contributed by atoms with van der Waals surface area (Å²) in [6.45, 7) is 15.1. The molecule has 0 bridgehead atoms. The molecule has 0 spiro atoms. The number of fused-ring (bicyclic) bond motifs is 5. The van der Waals surface area contributed by atoms with Crippen molar-refractivity contribution in [3.63, 3.8) is 0 Å². The van der Waals surface area contributed by atoms with Gasteiger partial charge in [0.1, 0.15) is 0 Å². The Bertz CT molecular complexity index is 620. The van der Waals surface area contributed by atoms with Crippen molar-refractivity contribution in [1.82, 2.24) is 0 Å². The number of hydrogen-bond acceptors (Lipinski definition) is 1. The first-order valence-corrected chi connectivity index (χ1v) is 13.0. The largest absolute Gasteiger partial charge is 0.393 e. The summed E-state index contributed by atoms with van der Waals surface area (Å²) >= 11 is 0. The highest BCUT2D eigenvalue weighted by Crippen LogP contribution is 2.67. The lowest BCUT2D eigenvalue weighted by Gasteiger charge is -2.57. The van der Waals surface area contributed by atoms with E-state index in [9.17, 15) is 5.11 Å². The Morgan fingerprint density at radius 2 is 1.62 bits per heavy atom. The summed E-state index contributed by atoms with van der Waals surface area (Å²) in [6, 6.07) is 0. The van der Waals surface area contributed by atoms with Gasteiger partial charge < -0.3 is 5.11 Å². The molecule has 0 radical (unpaired) electrons. The Kier molecular flexibility index (Phi) is 6.04. The standard InChI is InChI=1S/C28H48O/c1-18(2)19(3)7-8-20(4)24-11-12-25-23-10-9-21-17-22(29)13-15-27(21,5)26(23)14-16-28(24,25)6/h10,18-22,24-26,29H,7-9,11-17H2,1-6H3/t19-,20+,21?,22?,24+,25-,26-,27-,28+/m0/s1. The zero-order valence-electron chi connectivity index (χ0n) is 20.2. The van der Waals surface area contributed by atoms with Crippen LogP contribution in [0.4, 0.5) is 0 Å². The lowest BCUT2D eigenvalue weighted by molar-refractivity contribution is -0.0428. The molecule has 1 nitrogen and oxygen atoms in total. The SMILES string of the molecule is CC(C)[C@@H](C)CC[C@@H](C)[C@H]1CC[C@H]2C3=CCC4CC(O)CC[C@]4(C)[C@H]3CC[C@]12C. The fraction of sp³-hybridized carbons (Fsp3) is 0.929. The minimum atomic E-state index is -0.0400. The van der Waals surface area contributed by atoms with Crippen LogP contribution >= 0.6 is 0 Å². The summed E-state index contributed by atoms with van der Waals surface area (Å²) in [5, 5.41) is 10.2. The molecule has 0 aliphatic heterocycles. The molecule has 0 aromatic heterocycles. The van der Waals surface area contributed by atoms with E-state index in [1.807, 2.05) is 5.57 Å². The molecule has 4 rings (SSSR count). The van der Waals surface area contributed by atoms with Gasteiger partial charge in [0.15, 0.2) is 0 Å². The molecule has 2 unspecified atom stereocenters. The van der Waals surface area contributed by atoms with Gasteiger partial charge in [0, 0.05) is 0 Å². The number of hydrogen-bond donors (Lipinski definition) is 1. The average Bonchev–Trinajstić information content (AvgIpc) is 3.03. The molecule has 4 aliphatic carbocycles. The van der Waals surface area contributed by atoms with E-state index in [4.69, 9.17) is 0 Å². The van der Waals surface area contributed by atoms with Gasteiger partial charge in [0.2, 0.25) is 0 Å². The van der Waals surface area contributed by atoms with E-state index in [0.717, 1.165) is 54.3 Å². The van der Waals surface area contributed by atoms with E-state index >= 15 is 0 Å². The van der Waals surface area contributed by atoms with Gasteiger partial charge in [-0.1, -0.05) is 66.0 Å². The van der Waals surface area contributed by atoms with E-state index < -0.39 is 0 Å². The monoisotopic (exact) mass is 400 g/mol. The predicted octanol–water partition coefficient (Wildman–Crippen LogP) is 7.63. The Hall–Kier alpha value is -0.300. The highest BCUT2D eigenvalue weighted by Gasteiger charge is 2.58. The molecule has 1 heteroatoms. The molecule has 3 saturated carbocycles. The second kappa shape index (κ2) is 7.99. The Morgan fingerprint density at radius 3 is 2.34 bits per heavy atom. The van der Waals surface area contributed by atoms with Crippen molar-refractivity contribution < 1.29 is 5.11 Å². The fourth-order valence-electron chi connectivity index (χ4n) is 8.53. The van der Waals surface area contributed by atoms with Crippen LogP contribution < -0.4 is 0 Å². The van der Waals surface area contributed by atoms with Crippen molar-refractivity contribution in [3.8, 4) is 0 Å². The topological polar surface area (TPSA) is 20.2 Å². The van der Waals surface area contributed by atoms with E-state index in [0.29, 0.717) is 10.8 Å². The lowest BCUT2D eigenvalue weighted by Crippen LogP contribution is -2.49. The summed E-state index contributed by atoms with van der Waals surface area (Å²) in [6.07, 6.45) is 15.8. The molecule has 0 amide bonds. The predicted molar refractivity (Wildman–Crippen MR) is 124 cm³/mol. The molecule has 9 atom stereocenters. The molecular weight excluding hydrogens is 352 g/mol. The smallest absolute Gasteiger partial charge is 0.0543 e. The van der Waals surface area contributed by atoms with Gasteiger partial charge >= 0.3 is 0 Å². The van der Waals surface area contributed by atoms with Crippen LogP contribution in [-0.2, 0) is 0 Å². The van der Waals surface area contributed by atoms with Crippen LogP contribution in [0.2, 0.25) is 0 Å². The van der Waals surface area contributed by atoms with Crippen molar-refractivity contribution >= 4 is 0 Å². The average molecular weight is 401 g/mol. The van der Waals surface area contributed by atoms with Crippen molar-refractivity contribution in [3.05, 3.63) is 11.6 Å². The number of aliphatic hydroxyl groups is 1. The first-order valence-electron chi connectivity index (χ1n) is 13.0. The van der Waals surface area contributed by atoms with E-state index in [1.54, 1.807) is 0 Å². The molecule has 0 saturated heterocycles. The van der Waals surface area contributed by atoms with Gasteiger partial charge in [-0.15, -0.1) is 0 Å². The molecule has 3 fully saturated rings. The third kappa shape index (κ3) is 3.66. The third-order valence-corrected chi connectivity index (χ3v) is 11.0. The maximum Gasteiger partial charge on any atom is 0.0543 e. The summed E-state index contributed by atoms with van der Waals surface area (Å²) in [5.41, 5.74) is 2.88. The highest BCUT2D eigenvalue weighted by atomic mass is 16.3. The van der Waals surface area contributed by atoms with Crippen molar-refractivity contribution in [2.75, 3.05) is 0 Å². The Balaban J connectivity index is 1.50. The third-order valence-electron chi connectivity index (χ3n) is 11.0. The zero-order valence-corrected chi connectivity index (χ0v) is 20.2. The van der Waals surface area contributed by atoms with Gasteiger partial charge in [-0.3, -0.25) is 0 Å². The molecule has 0 aromatic carbocycles. The molecule has 166 valence electrons. The first-order chi connectivity index (χ1) is 13.7. The van der Waals surface area contributed by atoms with Gasteiger partial charge in [0.25, 0.3) is 0 Å². The molecule has 4 aliphatic rings. The lowest BCUT2D eigenvalue weighted by atomic mass is 9.47. The first kappa shape index (κ1) is 21.9. The molecule has 0 aromatic rings. The second-order valence-corrected chi connectivity index (χ2v) is 12.7. The normalized spacial score (nSPS) is 46.5. The van der Waals surface area contributed by atoms with Crippen LogP contribution in [0.1, 0.15) is 106 Å². The maximum atomic E-state index is 10.2. The van der Waals surface area contributed by atoms with E-state index in [2.05, 4.69) is 47.6 Å². The van der Waals surface area contributed by atoms with Crippen LogP contribution in [0.15, 0.2) is 11.6 Å². The number of rotatable bonds is 5. The number of allylic oxidation sites excluding steroid dienone is 2. The minimum absolute atomic E-state index is 0.0400. The minimum Gasteiger partial charge on any atom is -0.393 e.